The van der Waals surface area contributed by atoms with Gasteiger partial charge in [0.05, 0.1) is 4.90 Å². The van der Waals surface area contributed by atoms with E-state index in [-0.39, 0.29) is 4.90 Å². The molecule has 0 saturated carbocycles. The molecule has 2 rings (SSSR count). The van der Waals surface area contributed by atoms with Gasteiger partial charge in [-0.15, -0.1) is 0 Å². The quantitative estimate of drug-likeness (QED) is 0.725. The van der Waals surface area contributed by atoms with Crippen molar-refractivity contribution in [3.8, 4) is 0 Å². The summed E-state index contributed by atoms with van der Waals surface area (Å²) < 4.78 is 27.6. The fourth-order valence-electron chi connectivity index (χ4n) is 1.48. The highest BCUT2D eigenvalue weighted by Crippen LogP contribution is 2.27. The molecule has 80 valence electrons. The Morgan fingerprint density at radius 3 is 2.53 bits per heavy atom. The molecule has 0 saturated heterocycles. The van der Waals surface area contributed by atoms with Crippen LogP contribution in [0.5, 0.6) is 0 Å². The predicted octanol–water partition coefficient (Wildman–Crippen LogP) is 2.98. The fourth-order valence-corrected chi connectivity index (χ4v) is 2.25. The van der Waals surface area contributed by atoms with Crippen molar-refractivity contribution in [1.29, 1.82) is 0 Å². The summed E-state index contributed by atoms with van der Waals surface area (Å²) in [4.78, 5) is 0.0606. The van der Waals surface area contributed by atoms with E-state index < -0.39 is 9.05 Å². The smallest absolute Gasteiger partial charge is 0.261 e. The second-order valence-electron chi connectivity index (χ2n) is 3.38. The first-order valence-corrected chi connectivity index (χ1v) is 6.65. The van der Waals surface area contributed by atoms with Crippen LogP contribution in [0.1, 0.15) is 11.3 Å². The molecule has 0 radical (unpaired) electrons. The van der Waals surface area contributed by atoms with Crippen LogP contribution in [0.15, 0.2) is 27.5 Å². The van der Waals surface area contributed by atoms with Crippen LogP contribution in [-0.2, 0) is 9.05 Å². The summed E-state index contributed by atoms with van der Waals surface area (Å²) in [5.74, 6) is 0.786. The Bertz CT molecular complexity index is 625. The van der Waals surface area contributed by atoms with E-state index >= 15 is 0 Å². The maximum absolute atomic E-state index is 11.1. The Balaban J connectivity index is 2.78. The van der Waals surface area contributed by atoms with Crippen LogP contribution in [0.2, 0.25) is 0 Å². The third-order valence-electron chi connectivity index (χ3n) is 2.43. The lowest BCUT2D eigenvalue weighted by atomic mass is 10.2. The summed E-state index contributed by atoms with van der Waals surface area (Å²) in [6.07, 6.45) is 0. The van der Waals surface area contributed by atoms with Gasteiger partial charge in [-0.2, -0.15) is 0 Å². The molecule has 0 bridgehead atoms. The van der Waals surface area contributed by atoms with Gasteiger partial charge >= 0.3 is 0 Å². The molecule has 0 spiro atoms. The minimum atomic E-state index is -3.69. The van der Waals surface area contributed by atoms with Crippen LogP contribution in [-0.4, -0.2) is 8.42 Å². The van der Waals surface area contributed by atoms with Crippen LogP contribution in [0.4, 0.5) is 0 Å². The fraction of sp³-hybridized carbons (Fsp3) is 0.200. The number of aryl methyl sites for hydroxylation is 2. The Kier molecular flexibility index (Phi) is 2.28. The van der Waals surface area contributed by atoms with E-state index in [2.05, 4.69) is 0 Å². The van der Waals surface area contributed by atoms with E-state index in [1.54, 1.807) is 6.07 Å². The third kappa shape index (κ3) is 1.75. The van der Waals surface area contributed by atoms with Crippen molar-refractivity contribution < 1.29 is 12.8 Å². The lowest BCUT2D eigenvalue weighted by molar-refractivity contribution is 0.573. The topological polar surface area (TPSA) is 47.3 Å². The van der Waals surface area contributed by atoms with Gasteiger partial charge in [-0.3, -0.25) is 0 Å². The predicted molar refractivity (Wildman–Crippen MR) is 58.7 cm³/mol. The molecular weight excluding hydrogens is 236 g/mol. The van der Waals surface area contributed by atoms with Crippen LogP contribution >= 0.6 is 10.7 Å². The largest absolute Gasteiger partial charge is 0.461 e. The number of fused-ring (bicyclic) bond motifs is 1. The van der Waals surface area contributed by atoms with Gasteiger partial charge in [-0.25, -0.2) is 8.42 Å². The third-order valence-corrected chi connectivity index (χ3v) is 3.78. The molecule has 0 aliphatic carbocycles. The number of halogens is 1. The highest BCUT2D eigenvalue weighted by Gasteiger charge is 2.13. The second kappa shape index (κ2) is 3.25. The van der Waals surface area contributed by atoms with Crippen molar-refractivity contribution in [2.75, 3.05) is 0 Å². The summed E-state index contributed by atoms with van der Waals surface area (Å²) in [6.45, 7) is 3.76. The van der Waals surface area contributed by atoms with E-state index in [1.807, 2.05) is 13.8 Å². The molecule has 3 nitrogen and oxygen atoms in total. The van der Waals surface area contributed by atoms with Gasteiger partial charge in [0.25, 0.3) is 9.05 Å². The van der Waals surface area contributed by atoms with Gasteiger partial charge in [-0.05, 0) is 31.5 Å². The van der Waals surface area contributed by atoms with Gasteiger partial charge in [-0.1, -0.05) is 0 Å². The zero-order valence-electron chi connectivity index (χ0n) is 8.24. The van der Waals surface area contributed by atoms with Crippen molar-refractivity contribution in [3.05, 3.63) is 29.5 Å². The maximum atomic E-state index is 11.1. The van der Waals surface area contributed by atoms with Crippen LogP contribution in [0.25, 0.3) is 11.0 Å². The number of rotatable bonds is 1. The van der Waals surface area contributed by atoms with Gasteiger partial charge in [0.15, 0.2) is 0 Å². The lowest BCUT2D eigenvalue weighted by Gasteiger charge is -1.95. The molecule has 0 aliphatic rings. The zero-order valence-corrected chi connectivity index (χ0v) is 9.82. The highest BCUT2D eigenvalue weighted by molar-refractivity contribution is 8.13. The number of furan rings is 1. The molecule has 2 aromatic rings. The monoisotopic (exact) mass is 244 g/mol. The highest BCUT2D eigenvalue weighted by atomic mass is 35.7. The van der Waals surface area contributed by atoms with Crippen LogP contribution in [0, 0.1) is 13.8 Å². The van der Waals surface area contributed by atoms with E-state index in [0.29, 0.717) is 5.58 Å². The molecule has 0 aliphatic heterocycles. The normalized spacial score (nSPS) is 12.2. The van der Waals surface area contributed by atoms with Crippen molar-refractivity contribution in [3.63, 3.8) is 0 Å². The summed E-state index contributed by atoms with van der Waals surface area (Å²) in [6, 6.07) is 4.63. The molecule has 0 atom stereocenters. The van der Waals surface area contributed by atoms with Crippen molar-refractivity contribution in [2.24, 2.45) is 0 Å². The molecule has 0 unspecified atom stereocenters. The lowest BCUT2D eigenvalue weighted by Crippen LogP contribution is -1.89. The first kappa shape index (κ1) is 10.5. The standard InChI is InChI=1S/C10H9ClO3S/c1-6-7(2)14-10-5-8(15(11,12)13)3-4-9(6)10/h3-5H,1-2H3. The van der Waals surface area contributed by atoms with Crippen molar-refractivity contribution in [2.45, 2.75) is 18.7 Å². The summed E-state index contributed by atoms with van der Waals surface area (Å²) in [5.41, 5.74) is 1.57. The minimum Gasteiger partial charge on any atom is -0.461 e. The molecule has 0 fully saturated rings. The van der Waals surface area contributed by atoms with Crippen molar-refractivity contribution >= 4 is 30.7 Å². The summed E-state index contributed by atoms with van der Waals surface area (Å²) in [5, 5.41) is 0.913. The molecule has 1 heterocycles. The molecule has 0 N–H and O–H groups in total. The molecule has 1 aromatic heterocycles. The molecular formula is C10H9ClO3S. The van der Waals surface area contributed by atoms with Gasteiger partial charge in [0.2, 0.25) is 0 Å². The van der Waals surface area contributed by atoms with Crippen LogP contribution in [0.3, 0.4) is 0 Å². The van der Waals surface area contributed by atoms with E-state index in [9.17, 15) is 8.42 Å². The first-order chi connectivity index (χ1) is 6.89. The number of benzene rings is 1. The number of hydrogen-bond donors (Lipinski definition) is 0. The molecule has 1 aromatic carbocycles. The maximum Gasteiger partial charge on any atom is 0.261 e. The minimum absolute atomic E-state index is 0.0606. The summed E-state index contributed by atoms with van der Waals surface area (Å²) >= 11 is 0. The zero-order chi connectivity index (χ0) is 11.2. The molecule has 15 heavy (non-hydrogen) atoms. The molecule has 0 amide bonds. The average molecular weight is 245 g/mol. The van der Waals surface area contributed by atoms with Crippen LogP contribution < -0.4 is 0 Å². The first-order valence-electron chi connectivity index (χ1n) is 4.34. The summed E-state index contributed by atoms with van der Waals surface area (Å²) in [7, 11) is 1.55. The van der Waals surface area contributed by atoms with Crippen molar-refractivity contribution in [1.82, 2.24) is 0 Å². The second-order valence-corrected chi connectivity index (χ2v) is 5.95. The van der Waals surface area contributed by atoms with E-state index in [4.69, 9.17) is 15.1 Å². The molecule has 5 heteroatoms. The Hall–Kier alpha value is -1.00. The number of hydrogen-bond acceptors (Lipinski definition) is 3. The average Bonchev–Trinajstić information content (AvgIpc) is 2.41. The Morgan fingerprint density at radius 2 is 1.93 bits per heavy atom. The van der Waals surface area contributed by atoms with Gasteiger partial charge in [0.1, 0.15) is 11.3 Å². The Labute approximate surface area is 92.1 Å². The van der Waals surface area contributed by atoms with Gasteiger partial charge < -0.3 is 4.42 Å². The van der Waals surface area contributed by atoms with Gasteiger partial charge in [0, 0.05) is 22.1 Å². The van der Waals surface area contributed by atoms with E-state index in [0.717, 1.165) is 16.7 Å². The SMILES string of the molecule is Cc1oc2cc(S(=O)(=O)Cl)ccc2c1C. The van der Waals surface area contributed by atoms with E-state index in [1.165, 1.54) is 12.1 Å². The Morgan fingerprint density at radius 1 is 1.27 bits per heavy atom.